The van der Waals surface area contributed by atoms with Gasteiger partial charge in [-0.25, -0.2) is 0 Å². The summed E-state index contributed by atoms with van der Waals surface area (Å²) in [5, 5.41) is 2.98. The minimum absolute atomic E-state index is 0.00554. The standard InChI is InChI=1S/C19H22BrN3O/c1-13(19(24)22-16-9-5-8-15(20)10-16)23-11-17(18(21)12-23)14-6-3-2-4-7-14/h2-10,13,17-18H,11-12,21H2,1H3,(H,22,24)/t13?,17-,18+/m0/s1. The molecule has 1 amide bonds. The van der Waals surface area contributed by atoms with Gasteiger partial charge in [0.25, 0.3) is 0 Å². The van der Waals surface area contributed by atoms with Crippen molar-refractivity contribution < 1.29 is 4.79 Å². The van der Waals surface area contributed by atoms with E-state index in [1.807, 2.05) is 49.4 Å². The van der Waals surface area contributed by atoms with Crippen LogP contribution in [0.3, 0.4) is 0 Å². The van der Waals surface area contributed by atoms with Crippen molar-refractivity contribution in [2.24, 2.45) is 5.73 Å². The highest BCUT2D eigenvalue weighted by molar-refractivity contribution is 9.10. The Balaban J connectivity index is 1.65. The maximum absolute atomic E-state index is 12.6. The van der Waals surface area contributed by atoms with Crippen molar-refractivity contribution >= 4 is 27.5 Å². The van der Waals surface area contributed by atoms with E-state index in [4.69, 9.17) is 5.73 Å². The summed E-state index contributed by atoms with van der Waals surface area (Å²) < 4.78 is 0.945. The number of nitrogens with two attached hydrogens (primary N) is 1. The lowest BCUT2D eigenvalue weighted by atomic mass is 9.95. The van der Waals surface area contributed by atoms with Crippen molar-refractivity contribution in [3.8, 4) is 0 Å². The number of nitrogens with zero attached hydrogens (tertiary/aromatic N) is 1. The molecule has 0 aromatic heterocycles. The van der Waals surface area contributed by atoms with Crippen LogP contribution >= 0.6 is 15.9 Å². The fourth-order valence-corrected chi connectivity index (χ4v) is 3.61. The molecule has 126 valence electrons. The normalized spacial score (nSPS) is 22.3. The number of halogens is 1. The van der Waals surface area contributed by atoms with Gasteiger partial charge < -0.3 is 11.1 Å². The quantitative estimate of drug-likeness (QED) is 0.846. The molecular formula is C19H22BrN3O. The summed E-state index contributed by atoms with van der Waals surface area (Å²) in [5.41, 5.74) is 8.37. The number of hydrogen-bond acceptors (Lipinski definition) is 3. The summed E-state index contributed by atoms with van der Waals surface area (Å²) in [7, 11) is 0. The van der Waals surface area contributed by atoms with Crippen molar-refractivity contribution in [1.82, 2.24) is 4.90 Å². The van der Waals surface area contributed by atoms with E-state index in [2.05, 4.69) is 38.3 Å². The van der Waals surface area contributed by atoms with E-state index >= 15 is 0 Å². The second-order valence-electron chi connectivity index (χ2n) is 6.31. The van der Waals surface area contributed by atoms with Gasteiger partial charge in [-0.3, -0.25) is 9.69 Å². The molecule has 5 heteroatoms. The summed E-state index contributed by atoms with van der Waals surface area (Å²) in [5.74, 6) is 0.265. The topological polar surface area (TPSA) is 58.4 Å². The summed E-state index contributed by atoms with van der Waals surface area (Å²) in [6.07, 6.45) is 0. The largest absolute Gasteiger partial charge is 0.326 e. The van der Waals surface area contributed by atoms with E-state index in [1.165, 1.54) is 5.56 Å². The third kappa shape index (κ3) is 3.86. The first-order chi connectivity index (χ1) is 11.5. The third-order valence-electron chi connectivity index (χ3n) is 4.64. The van der Waals surface area contributed by atoms with Crippen molar-refractivity contribution in [3.05, 3.63) is 64.6 Å². The maximum atomic E-state index is 12.6. The zero-order valence-electron chi connectivity index (χ0n) is 13.7. The molecule has 2 aromatic rings. The second kappa shape index (κ2) is 7.47. The van der Waals surface area contributed by atoms with Gasteiger partial charge in [0.15, 0.2) is 0 Å². The predicted octanol–water partition coefficient (Wildman–Crippen LogP) is 3.20. The van der Waals surface area contributed by atoms with Crippen LogP contribution in [0.25, 0.3) is 0 Å². The van der Waals surface area contributed by atoms with Crippen molar-refractivity contribution in [1.29, 1.82) is 0 Å². The molecule has 2 aromatic carbocycles. The first-order valence-electron chi connectivity index (χ1n) is 8.15. The smallest absolute Gasteiger partial charge is 0.241 e. The van der Waals surface area contributed by atoms with Crippen LogP contribution in [0, 0.1) is 0 Å². The zero-order chi connectivity index (χ0) is 17.1. The molecule has 0 spiro atoms. The van der Waals surface area contributed by atoms with Crippen LogP contribution in [0.4, 0.5) is 5.69 Å². The number of nitrogens with one attached hydrogen (secondary N) is 1. The molecule has 0 saturated carbocycles. The van der Waals surface area contributed by atoms with Crippen molar-refractivity contribution in [3.63, 3.8) is 0 Å². The van der Waals surface area contributed by atoms with E-state index in [0.29, 0.717) is 0 Å². The average molecular weight is 388 g/mol. The van der Waals surface area contributed by atoms with E-state index in [-0.39, 0.29) is 23.9 Å². The molecule has 1 heterocycles. The average Bonchev–Trinajstić information content (AvgIpc) is 2.96. The lowest BCUT2D eigenvalue weighted by molar-refractivity contribution is -0.120. The summed E-state index contributed by atoms with van der Waals surface area (Å²) in [4.78, 5) is 14.7. The van der Waals surface area contributed by atoms with Crippen LogP contribution < -0.4 is 11.1 Å². The van der Waals surface area contributed by atoms with Gasteiger partial charge in [0, 0.05) is 35.2 Å². The number of carbonyl (C=O) groups is 1. The molecule has 0 bridgehead atoms. The first-order valence-corrected chi connectivity index (χ1v) is 8.95. The lowest BCUT2D eigenvalue weighted by Crippen LogP contribution is -2.41. The molecule has 24 heavy (non-hydrogen) atoms. The molecule has 4 nitrogen and oxygen atoms in total. The van der Waals surface area contributed by atoms with Gasteiger partial charge >= 0.3 is 0 Å². The van der Waals surface area contributed by atoms with Gasteiger partial charge in [-0.1, -0.05) is 52.3 Å². The molecule has 1 saturated heterocycles. The van der Waals surface area contributed by atoms with E-state index in [1.54, 1.807) is 0 Å². The Labute approximate surface area is 151 Å². The second-order valence-corrected chi connectivity index (χ2v) is 7.23. The number of carbonyl (C=O) groups excluding carboxylic acids is 1. The Kier molecular flexibility index (Phi) is 5.33. The maximum Gasteiger partial charge on any atom is 0.241 e. The number of amides is 1. The number of rotatable bonds is 4. The number of likely N-dealkylation sites (tertiary alicyclic amines) is 1. The highest BCUT2D eigenvalue weighted by atomic mass is 79.9. The van der Waals surface area contributed by atoms with Gasteiger partial charge in [-0.15, -0.1) is 0 Å². The van der Waals surface area contributed by atoms with Crippen LogP contribution in [0.2, 0.25) is 0 Å². The van der Waals surface area contributed by atoms with Crippen LogP contribution in [0.5, 0.6) is 0 Å². The van der Waals surface area contributed by atoms with Crippen molar-refractivity contribution in [2.45, 2.75) is 24.9 Å². The summed E-state index contributed by atoms with van der Waals surface area (Å²) >= 11 is 3.42. The third-order valence-corrected chi connectivity index (χ3v) is 5.13. The molecule has 0 aliphatic carbocycles. The first kappa shape index (κ1) is 17.1. The molecule has 3 rings (SSSR count). The fraction of sp³-hybridized carbons (Fsp3) is 0.316. The highest BCUT2D eigenvalue weighted by Crippen LogP contribution is 2.28. The minimum Gasteiger partial charge on any atom is -0.326 e. The molecule has 0 radical (unpaired) electrons. The number of hydrogen-bond donors (Lipinski definition) is 2. The molecular weight excluding hydrogens is 366 g/mol. The number of anilines is 1. The van der Waals surface area contributed by atoms with Gasteiger partial charge in [0.2, 0.25) is 5.91 Å². The lowest BCUT2D eigenvalue weighted by Gasteiger charge is -2.23. The molecule has 1 aliphatic heterocycles. The molecule has 3 atom stereocenters. The fourth-order valence-electron chi connectivity index (χ4n) is 3.21. The predicted molar refractivity (Wildman–Crippen MR) is 101 cm³/mol. The van der Waals surface area contributed by atoms with Gasteiger partial charge in [0.1, 0.15) is 0 Å². The van der Waals surface area contributed by atoms with Crippen LogP contribution in [0.1, 0.15) is 18.4 Å². The Bertz CT molecular complexity index is 707. The Morgan fingerprint density at radius 1 is 1.21 bits per heavy atom. The molecule has 3 N–H and O–H groups in total. The Morgan fingerprint density at radius 3 is 2.67 bits per heavy atom. The van der Waals surface area contributed by atoms with Crippen LogP contribution in [0.15, 0.2) is 59.1 Å². The van der Waals surface area contributed by atoms with E-state index < -0.39 is 0 Å². The summed E-state index contributed by atoms with van der Waals surface area (Å²) in [6, 6.07) is 17.8. The molecule has 1 aliphatic rings. The minimum atomic E-state index is -0.219. The van der Waals surface area contributed by atoms with Crippen LogP contribution in [-0.4, -0.2) is 36.0 Å². The molecule has 1 fully saturated rings. The summed E-state index contributed by atoms with van der Waals surface area (Å²) in [6.45, 7) is 3.47. The highest BCUT2D eigenvalue weighted by Gasteiger charge is 2.35. The monoisotopic (exact) mass is 387 g/mol. The van der Waals surface area contributed by atoms with Gasteiger partial charge in [-0.2, -0.15) is 0 Å². The SMILES string of the molecule is CC(C(=O)Nc1cccc(Br)c1)N1C[C@@H](N)[C@H](c2ccccc2)C1. The molecule has 1 unspecified atom stereocenters. The van der Waals surface area contributed by atoms with E-state index in [9.17, 15) is 4.79 Å². The van der Waals surface area contributed by atoms with Crippen molar-refractivity contribution in [2.75, 3.05) is 18.4 Å². The van der Waals surface area contributed by atoms with Gasteiger partial charge in [0.05, 0.1) is 6.04 Å². The number of benzene rings is 2. The van der Waals surface area contributed by atoms with Crippen LogP contribution in [-0.2, 0) is 4.79 Å². The van der Waals surface area contributed by atoms with Gasteiger partial charge in [-0.05, 0) is 30.7 Å². The zero-order valence-corrected chi connectivity index (χ0v) is 15.2. The Hall–Kier alpha value is -1.69. The van der Waals surface area contributed by atoms with E-state index in [0.717, 1.165) is 23.2 Å². The Morgan fingerprint density at radius 2 is 1.96 bits per heavy atom.